The number of rotatable bonds is 3. The van der Waals surface area contributed by atoms with Crippen LogP contribution in [-0.4, -0.2) is 14.7 Å². The molecular formula is C12H14N2O. The van der Waals surface area contributed by atoms with E-state index in [0.717, 1.165) is 5.56 Å². The van der Waals surface area contributed by atoms with Crippen molar-refractivity contribution in [1.29, 1.82) is 0 Å². The molecule has 0 aliphatic carbocycles. The van der Waals surface area contributed by atoms with E-state index in [-0.39, 0.29) is 0 Å². The number of aliphatic hydroxyl groups is 1. The van der Waals surface area contributed by atoms with Gasteiger partial charge in [0.1, 0.15) is 0 Å². The molecule has 0 saturated heterocycles. The lowest BCUT2D eigenvalue weighted by atomic mass is 10.1. The Kier molecular flexibility index (Phi) is 2.83. The van der Waals surface area contributed by atoms with E-state index in [9.17, 15) is 5.11 Å². The maximum Gasteiger partial charge on any atom is 0.0969 e. The molecular weight excluding hydrogens is 188 g/mol. The molecule has 2 rings (SSSR count). The third-order valence-corrected chi connectivity index (χ3v) is 2.41. The first-order valence-electron chi connectivity index (χ1n) is 4.96. The van der Waals surface area contributed by atoms with Crippen LogP contribution in [0.4, 0.5) is 0 Å². The van der Waals surface area contributed by atoms with Gasteiger partial charge in [-0.05, 0) is 12.5 Å². The summed E-state index contributed by atoms with van der Waals surface area (Å²) in [6.45, 7) is 2.58. The molecule has 0 aliphatic heterocycles. The van der Waals surface area contributed by atoms with E-state index in [1.165, 1.54) is 5.56 Å². The zero-order valence-corrected chi connectivity index (χ0v) is 8.67. The molecule has 15 heavy (non-hydrogen) atoms. The van der Waals surface area contributed by atoms with Gasteiger partial charge in [-0.15, -0.1) is 0 Å². The van der Waals surface area contributed by atoms with Gasteiger partial charge in [0.05, 0.1) is 19.0 Å². The molecule has 0 fully saturated rings. The molecule has 78 valence electrons. The lowest BCUT2D eigenvalue weighted by molar-refractivity contribution is 0.156. The first-order chi connectivity index (χ1) is 7.25. The van der Waals surface area contributed by atoms with Crippen LogP contribution in [0, 0.1) is 6.92 Å². The highest BCUT2D eigenvalue weighted by atomic mass is 16.3. The molecule has 1 N–H and O–H groups in total. The zero-order chi connectivity index (χ0) is 10.7. The molecule has 0 amide bonds. The van der Waals surface area contributed by atoms with Crippen molar-refractivity contribution in [3.63, 3.8) is 0 Å². The van der Waals surface area contributed by atoms with Crippen molar-refractivity contribution < 1.29 is 5.11 Å². The van der Waals surface area contributed by atoms with Crippen LogP contribution in [0.2, 0.25) is 0 Å². The minimum absolute atomic E-state index is 0.472. The highest BCUT2D eigenvalue weighted by molar-refractivity contribution is 5.22. The molecule has 0 aliphatic rings. The highest BCUT2D eigenvalue weighted by Crippen LogP contribution is 2.15. The number of aromatic nitrogens is 2. The summed E-state index contributed by atoms with van der Waals surface area (Å²) in [7, 11) is 0. The molecule has 2 aromatic rings. The average molecular weight is 202 g/mol. The number of aryl methyl sites for hydroxylation is 1. The van der Waals surface area contributed by atoms with E-state index in [1.54, 1.807) is 12.5 Å². The monoisotopic (exact) mass is 202 g/mol. The SMILES string of the molecule is Cc1ccc([C@H](O)Cn2ccnc2)cc1. The minimum Gasteiger partial charge on any atom is -0.387 e. The number of hydrogen-bond donors (Lipinski definition) is 1. The summed E-state index contributed by atoms with van der Waals surface area (Å²) < 4.78 is 1.87. The molecule has 0 spiro atoms. The third-order valence-electron chi connectivity index (χ3n) is 2.41. The first kappa shape index (κ1) is 9.93. The fourth-order valence-electron chi connectivity index (χ4n) is 1.49. The second-order valence-electron chi connectivity index (χ2n) is 3.69. The van der Waals surface area contributed by atoms with Crippen LogP contribution in [0.3, 0.4) is 0 Å². The topological polar surface area (TPSA) is 38.0 Å². The lowest BCUT2D eigenvalue weighted by Crippen LogP contribution is -2.06. The normalized spacial score (nSPS) is 12.7. The smallest absolute Gasteiger partial charge is 0.0969 e. The van der Waals surface area contributed by atoms with Crippen LogP contribution < -0.4 is 0 Å². The fourth-order valence-corrected chi connectivity index (χ4v) is 1.49. The molecule has 3 nitrogen and oxygen atoms in total. The van der Waals surface area contributed by atoms with Gasteiger partial charge in [0.25, 0.3) is 0 Å². The number of nitrogens with zero attached hydrogens (tertiary/aromatic N) is 2. The third kappa shape index (κ3) is 2.44. The summed E-state index contributed by atoms with van der Waals surface area (Å²) in [5.41, 5.74) is 2.14. The van der Waals surface area contributed by atoms with Gasteiger partial charge in [0.2, 0.25) is 0 Å². The molecule has 0 radical (unpaired) electrons. The summed E-state index contributed by atoms with van der Waals surface area (Å²) in [5, 5.41) is 9.93. The maximum atomic E-state index is 9.93. The van der Waals surface area contributed by atoms with Crippen LogP contribution in [0.5, 0.6) is 0 Å². The molecule has 1 atom stereocenters. The Labute approximate surface area is 89.0 Å². The zero-order valence-electron chi connectivity index (χ0n) is 8.67. The van der Waals surface area contributed by atoms with E-state index in [2.05, 4.69) is 4.98 Å². The van der Waals surface area contributed by atoms with Crippen molar-refractivity contribution in [2.75, 3.05) is 0 Å². The highest BCUT2D eigenvalue weighted by Gasteiger charge is 2.07. The molecule has 0 saturated carbocycles. The quantitative estimate of drug-likeness (QED) is 0.825. The van der Waals surface area contributed by atoms with Gasteiger partial charge in [0, 0.05) is 12.4 Å². The summed E-state index contributed by atoms with van der Waals surface area (Å²) in [4.78, 5) is 3.93. The number of benzene rings is 1. The van der Waals surface area contributed by atoms with E-state index in [4.69, 9.17) is 0 Å². The van der Waals surface area contributed by atoms with Crippen molar-refractivity contribution in [2.45, 2.75) is 19.6 Å². The maximum absolute atomic E-state index is 9.93. The van der Waals surface area contributed by atoms with E-state index >= 15 is 0 Å². The number of hydrogen-bond acceptors (Lipinski definition) is 2. The van der Waals surface area contributed by atoms with Gasteiger partial charge >= 0.3 is 0 Å². The van der Waals surface area contributed by atoms with Crippen LogP contribution in [0.15, 0.2) is 43.0 Å². The van der Waals surface area contributed by atoms with Crippen LogP contribution in [0.1, 0.15) is 17.2 Å². The Morgan fingerprint density at radius 2 is 2.07 bits per heavy atom. The Hall–Kier alpha value is -1.61. The average Bonchev–Trinajstić information content (AvgIpc) is 2.71. The molecule has 3 heteroatoms. The van der Waals surface area contributed by atoms with Gasteiger partial charge in [-0.3, -0.25) is 0 Å². The summed E-state index contributed by atoms with van der Waals surface area (Å²) in [6, 6.07) is 7.92. The molecule has 1 aromatic carbocycles. The van der Waals surface area contributed by atoms with Crippen molar-refractivity contribution in [3.05, 3.63) is 54.1 Å². The van der Waals surface area contributed by atoms with E-state index < -0.39 is 6.10 Å². The van der Waals surface area contributed by atoms with Gasteiger partial charge in [-0.1, -0.05) is 29.8 Å². The van der Waals surface area contributed by atoms with Crippen LogP contribution in [-0.2, 0) is 6.54 Å². The van der Waals surface area contributed by atoms with Gasteiger partial charge < -0.3 is 9.67 Å². The fraction of sp³-hybridized carbons (Fsp3) is 0.250. The Morgan fingerprint density at radius 3 is 2.67 bits per heavy atom. The van der Waals surface area contributed by atoms with Gasteiger partial charge in [-0.2, -0.15) is 0 Å². The van der Waals surface area contributed by atoms with E-state index in [1.807, 2.05) is 42.0 Å². The van der Waals surface area contributed by atoms with Crippen molar-refractivity contribution >= 4 is 0 Å². The van der Waals surface area contributed by atoms with Crippen LogP contribution >= 0.6 is 0 Å². The molecule has 1 aromatic heterocycles. The Balaban J connectivity index is 2.08. The predicted octanol–water partition coefficient (Wildman–Crippen LogP) is 1.93. The summed E-state index contributed by atoms with van der Waals surface area (Å²) >= 11 is 0. The van der Waals surface area contributed by atoms with Crippen molar-refractivity contribution in [2.24, 2.45) is 0 Å². The Bertz CT molecular complexity index is 406. The summed E-state index contributed by atoms with van der Waals surface area (Å²) in [5.74, 6) is 0. The predicted molar refractivity (Wildman–Crippen MR) is 58.4 cm³/mol. The number of aliphatic hydroxyl groups excluding tert-OH is 1. The second kappa shape index (κ2) is 4.28. The van der Waals surface area contributed by atoms with Gasteiger partial charge in [0.15, 0.2) is 0 Å². The lowest BCUT2D eigenvalue weighted by Gasteiger charge is -2.11. The molecule has 1 heterocycles. The minimum atomic E-state index is -0.472. The van der Waals surface area contributed by atoms with Crippen molar-refractivity contribution in [1.82, 2.24) is 9.55 Å². The molecule has 0 bridgehead atoms. The van der Waals surface area contributed by atoms with E-state index in [0.29, 0.717) is 6.54 Å². The standard InChI is InChI=1S/C12H14N2O/c1-10-2-4-11(5-3-10)12(15)8-14-7-6-13-9-14/h2-7,9,12,15H,8H2,1H3/t12-/m1/s1. The van der Waals surface area contributed by atoms with Crippen molar-refractivity contribution in [3.8, 4) is 0 Å². The largest absolute Gasteiger partial charge is 0.387 e. The molecule has 0 unspecified atom stereocenters. The second-order valence-corrected chi connectivity index (χ2v) is 3.69. The number of imidazole rings is 1. The Morgan fingerprint density at radius 1 is 1.33 bits per heavy atom. The summed E-state index contributed by atoms with van der Waals surface area (Å²) in [6.07, 6.45) is 4.79. The van der Waals surface area contributed by atoms with Crippen LogP contribution in [0.25, 0.3) is 0 Å². The first-order valence-corrected chi connectivity index (χ1v) is 4.96. The van der Waals surface area contributed by atoms with Gasteiger partial charge in [-0.25, -0.2) is 4.98 Å².